The van der Waals surface area contributed by atoms with Gasteiger partial charge >= 0.3 is 0 Å². The molecule has 1 saturated heterocycles. The molecule has 2 amide bonds. The van der Waals surface area contributed by atoms with Gasteiger partial charge in [0.15, 0.2) is 0 Å². The highest BCUT2D eigenvalue weighted by molar-refractivity contribution is 6.22. The van der Waals surface area contributed by atoms with Crippen molar-refractivity contribution in [2.24, 2.45) is 0 Å². The molecule has 3 rings (SSSR count). The third-order valence-electron chi connectivity index (χ3n) is 4.97. The van der Waals surface area contributed by atoms with Crippen LogP contribution in [-0.2, 0) is 16.0 Å². The molecule has 0 radical (unpaired) electrons. The average molecular weight is 396 g/mol. The van der Waals surface area contributed by atoms with Crippen molar-refractivity contribution < 1.29 is 19.1 Å². The summed E-state index contributed by atoms with van der Waals surface area (Å²) >= 11 is 0. The number of imide groups is 1. The minimum atomic E-state index is -0.485. The second kappa shape index (κ2) is 10.1. The maximum atomic E-state index is 12.7. The number of anilines is 1. The summed E-state index contributed by atoms with van der Waals surface area (Å²) in [4.78, 5) is 26.4. The zero-order chi connectivity index (χ0) is 20.6. The van der Waals surface area contributed by atoms with Crippen LogP contribution in [0.2, 0.25) is 0 Å². The van der Waals surface area contributed by atoms with Crippen LogP contribution < -0.4 is 19.7 Å². The normalized spacial score (nSPS) is 16.3. The highest BCUT2D eigenvalue weighted by Crippen LogP contribution is 2.25. The highest BCUT2D eigenvalue weighted by Gasteiger charge is 2.39. The van der Waals surface area contributed by atoms with Crippen LogP contribution in [0.3, 0.4) is 0 Å². The van der Waals surface area contributed by atoms with Gasteiger partial charge in [-0.15, -0.1) is 0 Å². The van der Waals surface area contributed by atoms with E-state index in [1.807, 2.05) is 24.3 Å². The van der Waals surface area contributed by atoms with Crippen molar-refractivity contribution in [3.8, 4) is 11.5 Å². The third kappa shape index (κ3) is 5.35. The molecule has 2 aromatic rings. The third-order valence-corrected chi connectivity index (χ3v) is 4.97. The Kier molecular flexibility index (Phi) is 7.25. The van der Waals surface area contributed by atoms with Gasteiger partial charge in [0, 0.05) is 0 Å². The van der Waals surface area contributed by atoms with Gasteiger partial charge < -0.3 is 14.8 Å². The molecule has 1 aliphatic rings. The second-order valence-electron chi connectivity index (χ2n) is 7.07. The second-order valence-corrected chi connectivity index (χ2v) is 7.07. The van der Waals surface area contributed by atoms with Crippen molar-refractivity contribution in [1.29, 1.82) is 0 Å². The van der Waals surface area contributed by atoms with Crippen LogP contribution >= 0.6 is 0 Å². The lowest BCUT2D eigenvalue weighted by Crippen LogP contribution is -2.39. The maximum absolute atomic E-state index is 12.7. The Bertz CT molecular complexity index is 818. The van der Waals surface area contributed by atoms with Crippen molar-refractivity contribution in [1.82, 2.24) is 5.32 Å². The summed E-state index contributed by atoms with van der Waals surface area (Å²) in [6, 6.07) is 14.5. The lowest BCUT2D eigenvalue weighted by atomic mass is 10.1. The molecular formula is C23H28N2O4. The Labute approximate surface area is 171 Å². The molecule has 29 heavy (non-hydrogen) atoms. The lowest BCUT2D eigenvalue weighted by molar-refractivity contribution is -0.121. The van der Waals surface area contributed by atoms with Gasteiger partial charge in [0.25, 0.3) is 5.91 Å². The molecule has 1 fully saturated rings. The predicted molar refractivity (Wildman–Crippen MR) is 112 cm³/mol. The summed E-state index contributed by atoms with van der Waals surface area (Å²) in [5.74, 6) is 1.17. The summed E-state index contributed by atoms with van der Waals surface area (Å²) in [5, 5.41) is 3.22. The molecule has 2 aromatic carbocycles. The van der Waals surface area contributed by atoms with Gasteiger partial charge in [0.05, 0.1) is 31.9 Å². The number of carbonyl (C=O) groups excluding carboxylic acids is 2. The van der Waals surface area contributed by atoms with E-state index < -0.39 is 6.04 Å². The lowest BCUT2D eigenvalue weighted by Gasteiger charge is -2.16. The summed E-state index contributed by atoms with van der Waals surface area (Å²) in [6.07, 6.45) is 3.01. The number of rotatable bonds is 10. The summed E-state index contributed by atoms with van der Waals surface area (Å²) in [7, 11) is 1.64. The van der Waals surface area contributed by atoms with Gasteiger partial charge in [-0.05, 0) is 61.3 Å². The molecule has 6 nitrogen and oxygen atoms in total. The topological polar surface area (TPSA) is 67.9 Å². The molecule has 1 aliphatic heterocycles. The minimum Gasteiger partial charge on any atom is -0.497 e. The fourth-order valence-electron chi connectivity index (χ4n) is 3.27. The molecule has 0 aromatic heterocycles. The molecule has 0 aliphatic carbocycles. The van der Waals surface area contributed by atoms with Crippen LogP contribution in [0.1, 0.15) is 31.7 Å². The van der Waals surface area contributed by atoms with E-state index in [4.69, 9.17) is 9.47 Å². The fourth-order valence-corrected chi connectivity index (χ4v) is 3.27. The van der Waals surface area contributed by atoms with Gasteiger partial charge in [-0.3, -0.25) is 9.59 Å². The smallest absolute Gasteiger partial charge is 0.251 e. The van der Waals surface area contributed by atoms with Crippen molar-refractivity contribution in [3.63, 3.8) is 0 Å². The van der Waals surface area contributed by atoms with Crippen LogP contribution in [0.4, 0.5) is 5.69 Å². The Hall–Kier alpha value is -2.86. The SMILES string of the molecule is CCCCOc1ccc(N2C(=O)CC(NCCc3ccc(OC)cc3)C2=O)cc1. The zero-order valence-electron chi connectivity index (χ0n) is 17.0. The maximum Gasteiger partial charge on any atom is 0.251 e. The first-order valence-corrected chi connectivity index (χ1v) is 10.1. The molecule has 1 atom stereocenters. The van der Waals surface area contributed by atoms with E-state index >= 15 is 0 Å². The van der Waals surface area contributed by atoms with Gasteiger partial charge in [-0.1, -0.05) is 25.5 Å². The fraction of sp³-hybridized carbons (Fsp3) is 0.391. The standard InChI is InChI=1S/C23H28N2O4/c1-3-4-15-29-20-11-7-18(8-12-20)25-22(26)16-21(23(25)27)24-14-13-17-5-9-19(28-2)10-6-17/h5-12,21,24H,3-4,13-16H2,1-2H3. The number of hydrogen-bond acceptors (Lipinski definition) is 5. The van der Waals surface area contributed by atoms with Gasteiger partial charge in [0.2, 0.25) is 5.91 Å². The summed E-state index contributed by atoms with van der Waals surface area (Å²) in [6.45, 7) is 3.39. The number of methoxy groups -OCH3 is 1. The average Bonchev–Trinajstić information content (AvgIpc) is 3.02. The van der Waals surface area contributed by atoms with E-state index in [2.05, 4.69) is 12.2 Å². The van der Waals surface area contributed by atoms with Crippen LogP contribution in [0.25, 0.3) is 0 Å². The number of amides is 2. The number of nitrogens with zero attached hydrogens (tertiary/aromatic N) is 1. The molecular weight excluding hydrogens is 368 g/mol. The molecule has 6 heteroatoms. The summed E-state index contributed by atoms with van der Waals surface area (Å²) < 4.78 is 10.8. The van der Waals surface area contributed by atoms with Crippen molar-refractivity contribution in [2.75, 3.05) is 25.2 Å². The molecule has 0 spiro atoms. The number of benzene rings is 2. The largest absolute Gasteiger partial charge is 0.497 e. The first-order chi connectivity index (χ1) is 14.1. The van der Waals surface area contributed by atoms with Gasteiger partial charge in [-0.2, -0.15) is 0 Å². The van der Waals surface area contributed by atoms with E-state index in [1.165, 1.54) is 4.90 Å². The quantitative estimate of drug-likeness (QED) is 0.493. The Morgan fingerprint density at radius 3 is 2.38 bits per heavy atom. The van der Waals surface area contributed by atoms with Gasteiger partial charge in [0.1, 0.15) is 11.5 Å². The molecule has 154 valence electrons. The number of ether oxygens (including phenoxy) is 2. The molecule has 1 N–H and O–H groups in total. The summed E-state index contributed by atoms with van der Waals surface area (Å²) in [5.41, 5.74) is 1.73. The predicted octanol–water partition coefficient (Wildman–Crippen LogP) is 3.34. The van der Waals surface area contributed by atoms with Crippen LogP contribution in [0.15, 0.2) is 48.5 Å². The number of nitrogens with one attached hydrogen (secondary N) is 1. The van der Waals surface area contributed by atoms with Crippen LogP contribution in [0, 0.1) is 0 Å². The molecule has 0 bridgehead atoms. The van der Waals surface area contributed by atoms with Crippen molar-refractivity contribution >= 4 is 17.5 Å². The van der Waals surface area contributed by atoms with Crippen molar-refractivity contribution in [3.05, 3.63) is 54.1 Å². The van der Waals surface area contributed by atoms with E-state index in [1.54, 1.807) is 31.4 Å². The number of hydrogen-bond donors (Lipinski definition) is 1. The minimum absolute atomic E-state index is 0.177. The Balaban J connectivity index is 1.53. The molecule has 1 unspecified atom stereocenters. The van der Waals surface area contributed by atoms with E-state index in [9.17, 15) is 9.59 Å². The van der Waals surface area contributed by atoms with Crippen LogP contribution in [0.5, 0.6) is 11.5 Å². The first kappa shape index (κ1) is 20.9. The Morgan fingerprint density at radius 2 is 1.72 bits per heavy atom. The van der Waals surface area contributed by atoms with Crippen molar-refractivity contribution in [2.45, 2.75) is 38.6 Å². The van der Waals surface area contributed by atoms with Crippen LogP contribution in [-0.4, -0.2) is 38.1 Å². The number of carbonyl (C=O) groups is 2. The Morgan fingerprint density at radius 1 is 1.03 bits per heavy atom. The molecule has 1 heterocycles. The zero-order valence-corrected chi connectivity index (χ0v) is 17.0. The van der Waals surface area contributed by atoms with Gasteiger partial charge in [-0.25, -0.2) is 4.90 Å². The van der Waals surface area contributed by atoms with E-state index in [0.717, 1.165) is 36.3 Å². The monoisotopic (exact) mass is 396 g/mol. The van der Waals surface area contributed by atoms with E-state index in [-0.39, 0.29) is 18.2 Å². The van der Waals surface area contributed by atoms with E-state index in [0.29, 0.717) is 18.8 Å². The first-order valence-electron chi connectivity index (χ1n) is 10.1. The molecule has 0 saturated carbocycles. The number of unbranched alkanes of at least 4 members (excludes halogenated alkanes) is 1. The highest BCUT2D eigenvalue weighted by atomic mass is 16.5.